The Kier molecular flexibility index (Phi) is 4.76. The quantitative estimate of drug-likeness (QED) is 0.866. The van der Waals surface area contributed by atoms with Crippen molar-refractivity contribution < 1.29 is 9.53 Å². The Bertz CT molecular complexity index is 397. The number of rotatable bonds is 5. The van der Waals surface area contributed by atoms with Gasteiger partial charge in [-0.15, -0.1) is 0 Å². The van der Waals surface area contributed by atoms with Gasteiger partial charge in [0.2, 0.25) is 5.91 Å². The predicted octanol–water partition coefficient (Wildman–Crippen LogP) is 2.22. The second-order valence-electron chi connectivity index (χ2n) is 4.94. The van der Waals surface area contributed by atoms with Crippen LogP contribution in [-0.2, 0) is 16.0 Å². The minimum atomic E-state index is 0.0959. The Morgan fingerprint density at radius 2 is 2.39 bits per heavy atom. The molecule has 1 aromatic rings. The first-order chi connectivity index (χ1) is 8.74. The highest BCUT2D eigenvalue weighted by Crippen LogP contribution is 2.14. The first-order valence-corrected chi connectivity index (χ1v) is 6.68. The molecule has 1 N–H and O–H groups in total. The molecule has 3 heteroatoms. The minimum absolute atomic E-state index is 0.0959. The van der Waals surface area contributed by atoms with Crippen LogP contribution in [0.3, 0.4) is 0 Å². The van der Waals surface area contributed by atoms with Crippen LogP contribution in [-0.4, -0.2) is 25.2 Å². The van der Waals surface area contributed by atoms with Gasteiger partial charge in [0.25, 0.3) is 0 Å². The number of amides is 1. The Balaban J connectivity index is 1.68. The number of benzene rings is 1. The van der Waals surface area contributed by atoms with E-state index in [0.717, 1.165) is 38.0 Å². The zero-order valence-corrected chi connectivity index (χ0v) is 10.9. The van der Waals surface area contributed by atoms with E-state index in [1.54, 1.807) is 0 Å². The van der Waals surface area contributed by atoms with Gasteiger partial charge in [0.05, 0.1) is 12.5 Å². The van der Waals surface area contributed by atoms with Crippen molar-refractivity contribution in [2.24, 2.45) is 0 Å². The third kappa shape index (κ3) is 4.15. The molecule has 3 nitrogen and oxygen atoms in total. The zero-order chi connectivity index (χ0) is 12.8. The SMILES string of the molecule is Cc1cccc(CC(=O)NCCC2CCCO2)c1. The van der Waals surface area contributed by atoms with Crippen molar-refractivity contribution in [1.29, 1.82) is 0 Å². The number of hydrogen-bond acceptors (Lipinski definition) is 2. The van der Waals surface area contributed by atoms with E-state index < -0.39 is 0 Å². The van der Waals surface area contributed by atoms with Crippen molar-refractivity contribution in [2.45, 2.75) is 38.7 Å². The molecule has 2 rings (SSSR count). The maximum Gasteiger partial charge on any atom is 0.224 e. The number of aryl methyl sites for hydroxylation is 1. The summed E-state index contributed by atoms with van der Waals surface area (Å²) in [6, 6.07) is 8.08. The molecule has 1 fully saturated rings. The standard InChI is InChI=1S/C15H21NO2/c1-12-4-2-5-13(10-12)11-15(17)16-8-7-14-6-3-9-18-14/h2,4-5,10,14H,3,6-9,11H2,1H3,(H,16,17). The Hall–Kier alpha value is -1.35. The lowest BCUT2D eigenvalue weighted by atomic mass is 10.1. The summed E-state index contributed by atoms with van der Waals surface area (Å²) < 4.78 is 5.52. The van der Waals surface area contributed by atoms with Crippen molar-refractivity contribution in [3.63, 3.8) is 0 Å². The van der Waals surface area contributed by atoms with Gasteiger partial charge in [0, 0.05) is 13.2 Å². The molecule has 1 atom stereocenters. The van der Waals surface area contributed by atoms with Crippen molar-refractivity contribution in [2.75, 3.05) is 13.2 Å². The second-order valence-corrected chi connectivity index (χ2v) is 4.94. The van der Waals surface area contributed by atoms with Gasteiger partial charge in [-0.1, -0.05) is 29.8 Å². The molecule has 0 spiro atoms. The highest BCUT2D eigenvalue weighted by atomic mass is 16.5. The molecule has 1 aromatic carbocycles. The van der Waals surface area contributed by atoms with E-state index in [9.17, 15) is 4.79 Å². The average molecular weight is 247 g/mol. The molecule has 1 saturated heterocycles. The van der Waals surface area contributed by atoms with Crippen LogP contribution in [0.25, 0.3) is 0 Å². The molecule has 1 heterocycles. The first-order valence-electron chi connectivity index (χ1n) is 6.68. The molecule has 1 unspecified atom stereocenters. The second kappa shape index (κ2) is 6.55. The largest absolute Gasteiger partial charge is 0.378 e. The lowest BCUT2D eigenvalue weighted by Crippen LogP contribution is -2.28. The topological polar surface area (TPSA) is 38.3 Å². The summed E-state index contributed by atoms with van der Waals surface area (Å²) in [5, 5.41) is 2.96. The maximum absolute atomic E-state index is 11.7. The molecule has 98 valence electrons. The van der Waals surface area contributed by atoms with Crippen LogP contribution in [0.5, 0.6) is 0 Å². The van der Waals surface area contributed by atoms with Crippen molar-refractivity contribution in [1.82, 2.24) is 5.32 Å². The van der Waals surface area contributed by atoms with Gasteiger partial charge in [0.1, 0.15) is 0 Å². The maximum atomic E-state index is 11.7. The molecule has 0 bridgehead atoms. The van der Waals surface area contributed by atoms with E-state index in [-0.39, 0.29) is 5.91 Å². The molecule has 1 aliphatic heterocycles. The monoisotopic (exact) mass is 247 g/mol. The van der Waals surface area contributed by atoms with E-state index in [1.165, 1.54) is 5.56 Å². The molecule has 18 heavy (non-hydrogen) atoms. The number of hydrogen-bond donors (Lipinski definition) is 1. The summed E-state index contributed by atoms with van der Waals surface area (Å²) in [4.78, 5) is 11.7. The average Bonchev–Trinajstić information content (AvgIpc) is 2.82. The molecule has 0 saturated carbocycles. The zero-order valence-electron chi connectivity index (χ0n) is 10.9. The van der Waals surface area contributed by atoms with E-state index >= 15 is 0 Å². The number of nitrogens with one attached hydrogen (secondary N) is 1. The lowest BCUT2D eigenvalue weighted by molar-refractivity contribution is -0.120. The van der Waals surface area contributed by atoms with Gasteiger partial charge in [-0.3, -0.25) is 4.79 Å². The van der Waals surface area contributed by atoms with Crippen LogP contribution in [0.2, 0.25) is 0 Å². The highest BCUT2D eigenvalue weighted by Gasteiger charge is 2.15. The fourth-order valence-electron chi connectivity index (χ4n) is 2.31. The summed E-state index contributed by atoms with van der Waals surface area (Å²) in [6.07, 6.45) is 4.03. The van der Waals surface area contributed by atoms with Crippen LogP contribution in [0, 0.1) is 6.92 Å². The number of carbonyl (C=O) groups is 1. The number of carbonyl (C=O) groups excluding carboxylic acids is 1. The Morgan fingerprint density at radius 1 is 1.50 bits per heavy atom. The summed E-state index contributed by atoms with van der Waals surface area (Å²) in [5.74, 6) is 0.0959. The minimum Gasteiger partial charge on any atom is -0.378 e. The highest BCUT2D eigenvalue weighted by molar-refractivity contribution is 5.78. The third-order valence-electron chi connectivity index (χ3n) is 3.26. The van der Waals surface area contributed by atoms with Crippen LogP contribution in [0.4, 0.5) is 0 Å². The summed E-state index contributed by atoms with van der Waals surface area (Å²) >= 11 is 0. The van der Waals surface area contributed by atoms with Gasteiger partial charge in [-0.05, 0) is 31.7 Å². The van der Waals surface area contributed by atoms with Crippen LogP contribution >= 0.6 is 0 Å². The van der Waals surface area contributed by atoms with Crippen LogP contribution < -0.4 is 5.32 Å². The van der Waals surface area contributed by atoms with E-state index in [1.807, 2.05) is 25.1 Å². The normalized spacial score (nSPS) is 18.8. The summed E-state index contributed by atoms with van der Waals surface area (Å²) in [6.45, 7) is 3.63. The third-order valence-corrected chi connectivity index (χ3v) is 3.26. The molecule has 0 aromatic heterocycles. The van der Waals surface area contributed by atoms with Gasteiger partial charge in [0.15, 0.2) is 0 Å². The van der Waals surface area contributed by atoms with Crippen LogP contribution in [0.15, 0.2) is 24.3 Å². The Labute approximate surface area is 109 Å². The summed E-state index contributed by atoms with van der Waals surface area (Å²) in [7, 11) is 0. The van der Waals surface area contributed by atoms with Gasteiger partial charge in [-0.25, -0.2) is 0 Å². The van der Waals surface area contributed by atoms with E-state index in [4.69, 9.17) is 4.74 Å². The molecular formula is C15H21NO2. The van der Waals surface area contributed by atoms with Gasteiger partial charge in [-0.2, -0.15) is 0 Å². The predicted molar refractivity (Wildman–Crippen MR) is 71.5 cm³/mol. The molecule has 0 radical (unpaired) electrons. The van der Waals surface area contributed by atoms with Gasteiger partial charge >= 0.3 is 0 Å². The molecule has 1 aliphatic rings. The smallest absolute Gasteiger partial charge is 0.224 e. The molecule has 1 amide bonds. The number of ether oxygens (including phenoxy) is 1. The van der Waals surface area contributed by atoms with Crippen molar-refractivity contribution in [3.8, 4) is 0 Å². The summed E-state index contributed by atoms with van der Waals surface area (Å²) in [5.41, 5.74) is 2.27. The molecule has 0 aliphatic carbocycles. The first kappa shape index (κ1) is 13.1. The van der Waals surface area contributed by atoms with Crippen molar-refractivity contribution in [3.05, 3.63) is 35.4 Å². The fourth-order valence-corrected chi connectivity index (χ4v) is 2.31. The molecular weight excluding hydrogens is 226 g/mol. The van der Waals surface area contributed by atoms with Gasteiger partial charge < -0.3 is 10.1 Å². The Morgan fingerprint density at radius 3 is 3.11 bits per heavy atom. The van der Waals surface area contributed by atoms with E-state index in [0.29, 0.717) is 12.5 Å². The van der Waals surface area contributed by atoms with Crippen LogP contribution in [0.1, 0.15) is 30.4 Å². The van der Waals surface area contributed by atoms with Crippen molar-refractivity contribution >= 4 is 5.91 Å². The lowest BCUT2D eigenvalue weighted by Gasteiger charge is -2.10. The fraction of sp³-hybridized carbons (Fsp3) is 0.533. The van der Waals surface area contributed by atoms with E-state index in [2.05, 4.69) is 11.4 Å².